The SMILES string of the molecule is COCCOCCNC(=O)CCOc1cccc(N)c1. The van der Waals surface area contributed by atoms with Gasteiger partial charge in [0.05, 0.1) is 32.8 Å². The van der Waals surface area contributed by atoms with Gasteiger partial charge in [-0.1, -0.05) is 6.07 Å². The molecule has 0 aromatic heterocycles. The minimum Gasteiger partial charge on any atom is -0.493 e. The third kappa shape index (κ3) is 7.60. The van der Waals surface area contributed by atoms with E-state index in [0.717, 1.165) is 0 Å². The van der Waals surface area contributed by atoms with E-state index in [1.807, 2.05) is 6.07 Å². The molecule has 1 aromatic rings. The third-order valence-electron chi connectivity index (χ3n) is 2.46. The van der Waals surface area contributed by atoms with E-state index >= 15 is 0 Å². The maximum atomic E-state index is 11.5. The number of carbonyl (C=O) groups is 1. The topological polar surface area (TPSA) is 82.8 Å². The van der Waals surface area contributed by atoms with E-state index in [-0.39, 0.29) is 5.91 Å². The maximum absolute atomic E-state index is 11.5. The molecule has 112 valence electrons. The summed E-state index contributed by atoms with van der Waals surface area (Å²) in [5.74, 6) is 0.602. The number of anilines is 1. The van der Waals surface area contributed by atoms with E-state index in [1.165, 1.54) is 0 Å². The van der Waals surface area contributed by atoms with E-state index in [2.05, 4.69) is 5.32 Å². The second kappa shape index (κ2) is 10.1. The average molecular weight is 282 g/mol. The summed E-state index contributed by atoms with van der Waals surface area (Å²) in [6.45, 7) is 2.37. The van der Waals surface area contributed by atoms with Gasteiger partial charge in [0, 0.05) is 25.4 Å². The Hall–Kier alpha value is -1.79. The molecule has 0 aliphatic carbocycles. The molecule has 0 saturated carbocycles. The molecule has 0 spiro atoms. The Morgan fingerprint density at radius 2 is 2.10 bits per heavy atom. The van der Waals surface area contributed by atoms with Crippen molar-refractivity contribution in [2.24, 2.45) is 0 Å². The molecular formula is C14H22N2O4. The highest BCUT2D eigenvalue weighted by molar-refractivity contribution is 5.75. The number of rotatable bonds is 10. The van der Waals surface area contributed by atoms with Gasteiger partial charge in [0.2, 0.25) is 5.91 Å². The highest BCUT2D eigenvalue weighted by Crippen LogP contribution is 2.14. The lowest BCUT2D eigenvalue weighted by Gasteiger charge is -2.08. The molecule has 3 N–H and O–H groups in total. The fraction of sp³-hybridized carbons (Fsp3) is 0.500. The number of ether oxygens (including phenoxy) is 3. The molecule has 0 fully saturated rings. The summed E-state index contributed by atoms with van der Waals surface area (Å²) >= 11 is 0. The number of hydrogen-bond donors (Lipinski definition) is 2. The Morgan fingerprint density at radius 3 is 2.85 bits per heavy atom. The number of benzene rings is 1. The van der Waals surface area contributed by atoms with E-state index in [9.17, 15) is 4.79 Å². The van der Waals surface area contributed by atoms with Gasteiger partial charge in [-0.05, 0) is 12.1 Å². The van der Waals surface area contributed by atoms with Crippen molar-refractivity contribution in [3.05, 3.63) is 24.3 Å². The number of amides is 1. The predicted octanol–water partition coefficient (Wildman–Crippen LogP) is 0.817. The largest absolute Gasteiger partial charge is 0.493 e. The minimum absolute atomic E-state index is 0.0655. The molecule has 1 aromatic carbocycles. The Morgan fingerprint density at radius 1 is 1.25 bits per heavy atom. The second-order valence-electron chi connectivity index (χ2n) is 4.13. The fourth-order valence-corrected chi connectivity index (χ4v) is 1.46. The number of methoxy groups -OCH3 is 1. The molecule has 1 rings (SSSR count). The summed E-state index contributed by atoms with van der Waals surface area (Å²) in [4.78, 5) is 11.5. The first-order valence-corrected chi connectivity index (χ1v) is 6.54. The van der Waals surface area contributed by atoms with Crippen LogP contribution in [0.3, 0.4) is 0 Å². The molecular weight excluding hydrogens is 260 g/mol. The fourth-order valence-electron chi connectivity index (χ4n) is 1.46. The number of hydrogen-bond acceptors (Lipinski definition) is 5. The van der Waals surface area contributed by atoms with Crippen LogP contribution in [0.15, 0.2) is 24.3 Å². The van der Waals surface area contributed by atoms with Crippen LogP contribution in [0.25, 0.3) is 0 Å². The van der Waals surface area contributed by atoms with Crippen LogP contribution in [0, 0.1) is 0 Å². The molecule has 0 aliphatic heterocycles. The molecule has 0 unspecified atom stereocenters. The number of nitrogens with one attached hydrogen (secondary N) is 1. The molecule has 6 heteroatoms. The normalized spacial score (nSPS) is 10.2. The summed E-state index contributed by atoms with van der Waals surface area (Å²) in [5.41, 5.74) is 6.26. The number of nitrogens with two attached hydrogens (primary N) is 1. The summed E-state index contributed by atoms with van der Waals surface area (Å²) < 4.78 is 15.5. The van der Waals surface area contributed by atoms with Crippen molar-refractivity contribution in [1.82, 2.24) is 5.32 Å². The minimum atomic E-state index is -0.0655. The van der Waals surface area contributed by atoms with Crippen LogP contribution >= 0.6 is 0 Å². The van der Waals surface area contributed by atoms with Crippen molar-refractivity contribution >= 4 is 11.6 Å². The molecule has 0 atom stereocenters. The monoisotopic (exact) mass is 282 g/mol. The van der Waals surface area contributed by atoms with Crippen LogP contribution in [0.4, 0.5) is 5.69 Å². The van der Waals surface area contributed by atoms with Crippen molar-refractivity contribution in [3.8, 4) is 5.75 Å². The quantitative estimate of drug-likeness (QED) is 0.490. The lowest BCUT2D eigenvalue weighted by molar-refractivity contribution is -0.121. The summed E-state index contributed by atoms with van der Waals surface area (Å²) in [6, 6.07) is 7.12. The van der Waals surface area contributed by atoms with Crippen LogP contribution in [-0.4, -0.2) is 46.0 Å². The standard InChI is InChI=1S/C14H22N2O4/c1-18-9-10-19-8-6-16-14(17)5-7-20-13-4-2-3-12(15)11-13/h2-4,11H,5-10,15H2,1H3,(H,16,17). The van der Waals surface area contributed by atoms with Gasteiger partial charge < -0.3 is 25.3 Å². The molecule has 1 amide bonds. The third-order valence-corrected chi connectivity index (χ3v) is 2.46. The zero-order valence-electron chi connectivity index (χ0n) is 11.8. The summed E-state index contributed by atoms with van der Waals surface area (Å²) in [6.07, 6.45) is 0.298. The zero-order valence-corrected chi connectivity index (χ0v) is 11.8. The number of carbonyl (C=O) groups excluding carboxylic acids is 1. The highest BCUT2D eigenvalue weighted by Gasteiger charge is 2.01. The van der Waals surface area contributed by atoms with Crippen molar-refractivity contribution < 1.29 is 19.0 Å². The van der Waals surface area contributed by atoms with Crippen molar-refractivity contribution in [2.75, 3.05) is 45.8 Å². The highest BCUT2D eigenvalue weighted by atomic mass is 16.5. The van der Waals surface area contributed by atoms with Crippen molar-refractivity contribution in [2.45, 2.75) is 6.42 Å². The molecule has 20 heavy (non-hydrogen) atoms. The van der Waals surface area contributed by atoms with Gasteiger partial charge in [0.25, 0.3) is 0 Å². The Bertz CT molecular complexity index is 399. The van der Waals surface area contributed by atoms with E-state index in [4.69, 9.17) is 19.9 Å². The summed E-state index contributed by atoms with van der Waals surface area (Å²) in [5, 5.41) is 2.75. The van der Waals surface area contributed by atoms with Crippen molar-refractivity contribution in [1.29, 1.82) is 0 Å². The lowest BCUT2D eigenvalue weighted by Crippen LogP contribution is -2.28. The predicted molar refractivity (Wildman–Crippen MR) is 76.7 cm³/mol. The van der Waals surface area contributed by atoms with E-state index < -0.39 is 0 Å². The number of nitrogen functional groups attached to an aromatic ring is 1. The van der Waals surface area contributed by atoms with Gasteiger partial charge in [-0.3, -0.25) is 4.79 Å². The lowest BCUT2D eigenvalue weighted by atomic mass is 10.3. The molecule has 0 aliphatic rings. The van der Waals surface area contributed by atoms with Crippen LogP contribution in [0.1, 0.15) is 6.42 Å². The first-order chi connectivity index (χ1) is 9.72. The first kappa shape index (κ1) is 16.3. The van der Waals surface area contributed by atoms with Gasteiger partial charge in [-0.15, -0.1) is 0 Å². The first-order valence-electron chi connectivity index (χ1n) is 6.54. The van der Waals surface area contributed by atoms with Gasteiger partial charge in [0.1, 0.15) is 5.75 Å². The van der Waals surface area contributed by atoms with Gasteiger partial charge >= 0.3 is 0 Å². The van der Waals surface area contributed by atoms with Gasteiger partial charge in [0.15, 0.2) is 0 Å². The molecule has 0 saturated heterocycles. The molecule has 6 nitrogen and oxygen atoms in total. The van der Waals surface area contributed by atoms with Gasteiger partial charge in [-0.2, -0.15) is 0 Å². The van der Waals surface area contributed by atoms with E-state index in [1.54, 1.807) is 25.3 Å². The van der Waals surface area contributed by atoms with Crippen LogP contribution in [-0.2, 0) is 14.3 Å². The molecule has 0 radical (unpaired) electrons. The van der Waals surface area contributed by atoms with Crippen LogP contribution in [0.5, 0.6) is 5.75 Å². The smallest absolute Gasteiger partial charge is 0.223 e. The molecule has 0 heterocycles. The van der Waals surface area contributed by atoms with E-state index in [0.29, 0.717) is 50.8 Å². The summed E-state index contributed by atoms with van der Waals surface area (Å²) in [7, 11) is 1.62. The Labute approximate surface area is 119 Å². The zero-order chi connectivity index (χ0) is 14.6. The molecule has 0 bridgehead atoms. The van der Waals surface area contributed by atoms with Gasteiger partial charge in [-0.25, -0.2) is 0 Å². The second-order valence-corrected chi connectivity index (χ2v) is 4.13. The Kier molecular flexibility index (Phi) is 8.17. The van der Waals surface area contributed by atoms with Crippen LogP contribution < -0.4 is 15.8 Å². The Balaban J connectivity index is 2.03. The van der Waals surface area contributed by atoms with Crippen LogP contribution in [0.2, 0.25) is 0 Å². The maximum Gasteiger partial charge on any atom is 0.223 e. The average Bonchev–Trinajstić information content (AvgIpc) is 2.43. The van der Waals surface area contributed by atoms with Crippen molar-refractivity contribution in [3.63, 3.8) is 0 Å².